The highest BCUT2D eigenvalue weighted by Gasteiger charge is 2.43. The van der Waals surface area contributed by atoms with Crippen LogP contribution in [0.4, 0.5) is 0 Å². The first kappa shape index (κ1) is 16.4. The molecule has 6 heteroatoms. The normalized spacial score (nSPS) is 27.0. The average Bonchev–Trinajstić information content (AvgIpc) is 3.43. The lowest BCUT2D eigenvalue weighted by atomic mass is 9.73. The van der Waals surface area contributed by atoms with Crippen LogP contribution in [-0.4, -0.2) is 52.8 Å². The van der Waals surface area contributed by atoms with E-state index >= 15 is 0 Å². The van der Waals surface area contributed by atoms with Crippen LogP contribution in [-0.2, 0) is 4.79 Å². The van der Waals surface area contributed by atoms with Gasteiger partial charge < -0.3 is 14.8 Å². The van der Waals surface area contributed by atoms with Gasteiger partial charge in [0.15, 0.2) is 0 Å². The molecule has 6 nitrogen and oxygen atoms in total. The number of piperidine rings is 2. The van der Waals surface area contributed by atoms with Gasteiger partial charge in [-0.3, -0.25) is 14.4 Å². The summed E-state index contributed by atoms with van der Waals surface area (Å²) in [5.74, 6) is 0.948. The number of nitrogens with zero attached hydrogens (tertiary/aromatic N) is 2. The maximum Gasteiger partial charge on any atom is 0.255 e. The summed E-state index contributed by atoms with van der Waals surface area (Å²) >= 11 is 0. The Hall–Kier alpha value is -2.11. The number of carbonyl (C=O) groups is 2. The van der Waals surface area contributed by atoms with Crippen LogP contribution in [0.15, 0.2) is 23.1 Å². The summed E-state index contributed by atoms with van der Waals surface area (Å²) in [5.41, 5.74) is 0.366. The number of amides is 2. The molecule has 1 unspecified atom stereocenters. The molecule has 0 aromatic carbocycles. The quantitative estimate of drug-likeness (QED) is 0.906. The van der Waals surface area contributed by atoms with E-state index in [1.807, 2.05) is 4.90 Å². The number of rotatable bonds is 3. The summed E-state index contributed by atoms with van der Waals surface area (Å²) in [7, 11) is 0. The Balaban J connectivity index is 1.47. The van der Waals surface area contributed by atoms with Gasteiger partial charge in [-0.05, 0) is 44.1 Å². The number of likely N-dealkylation sites (tertiary alicyclic amines) is 2. The molecule has 1 atom stereocenters. The van der Waals surface area contributed by atoms with Gasteiger partial charge in [0.05, 0.1) is 5.56 Å². The van der Waals surface area contributed by atoms with Gasteiger partial charge in [0.1, 0.15) is 0 Å². The van der Waals surface area contributed by atoms with Crippen molar-refractivity contribution in [3.05, 3.63) is 34.2 Å². The highest BCUT2D eigenvalue weighted by molar-refractivity contribution is 5.94. The first-order valence-corrected chi connectivity index (χ1v) is 9.31. The fourth-order valence-corrected chi connectivity index (χ4v) is 4.32. The Bertz CT molecular complexity index is 719. The molecule has 2 amide bonds. The third-order valence-corrected chi connectivity index (χ3v) is 5.90. The maximum absolute atomic E-state index is 12.8. The number of aromatic amines is 1. The van der Waals surface area contributed by atoms with Crippen LogP contribution in [0.1, 0.15) is 48.9 Å². The molecule has 1 aromatic heterocycles. The number of aromatic nitrogens is 1. The van der Waals surface area contributed by atoms with Crippen LogP contribution in [0.2, 0.25) is 0 Å². The fourth-order valence-electron chi connectivity index (χ4n) is 4.32. The van der Waals surface area contributed by atoms with E-state index in [9.17, 15) is 14.4 Å². The van der Waals surface area contributed by atoms with Crippen LogP contribution in [0.5, 0.6) is 0 Å². The highest BCUT2D eigenvalue weighted by atomic mass is 16.2. The predicted molar refractivity (Wildman–Crippen MR) is 93.2 cm³/mol. The molecular formula is C19H25N3O3. The number of nitrogens with one attached hydrogen (secondary N) is 1. The standard InChI is InChI=1S/C19H25N3O3/c23-16-5-4-15(10-20-16)18(25)21-9-1-7-19(12-21)8-6-17(24)22(13-19)11-14-2-3-14/h4-5,10,14H,1-3,6-9,11-13H2,(H,20,23). The van der Waals surface area contributed by atoms with Gasteiger partial charge in [-0.2, -0.15) is 0 Å². The average molecular weight is 343 g/mol. The first-order valence-electron chi connectivity index (χ1n) is 9.31. The summed E-state index contributed by atoms with van der Waals surface area (Å²) in [4.78, 5) is 42.8. The molecule has 1 aliphatic carbocycles. The monoisotopic (exact) mass is 343 g/mol. The molecule has 134 valence electrons. The van der Waals surface area contributed by atoms with Crippen molar-refractivity contribution in [2.24, 2.45) is 11.3 Å². The van der Waals surface area contributed by atoms with E-state index in [-0.39, 0.29) is 22.8 Å². The number of H-pyrrole nitrogens is 1. The molecule has 2 aliphatic heterocycles. The van der Waals surface area contributed by atoms with Gasteiger partial charge in [-0.25, -0.2) is 0 Å². The predicted octanol–water partition coefficient (Wildman–Crippen LogP) is 1.63. The zero-order chi connectivity index (χ0) is 17.4. The van der Waals surface area contributed by atoms with Gasteiger partial charge in [0.2, 0.25) is 11.5 Å². The Morgan fingerprint density at radius 2 is 2.04 bits per heavy atom. The molecule has 1 aromatic rings. The Morgan fingerprint density at radius 3 is 2.76 bits per heavy atom. The zero-order valence-electron chi connectivity index (χ0n) is 14.5. The summed E-state index contributed by atoms with van der Waals surface area (Å²) < 4.78 is 0. The second-order valence-corrected chi connectivity index (χ2v) is 7.99. The van der Waals surface area contributed by atoms with Crippen molar-refractivity contribution < 1.29 is 9.59 Å². The minimum absolute atomic E-state index is 0.0269. The minimum atomic E-state index is -0.201. The lowest BCUT2D eigenvalue weighted by Gasteiger charge is -2.48. The minimum Gasteiger partial charge on any atom is -0.342 e. The van der Waals surface area contributed by atoms with E-state index in [1.54, 1.807) is 6.07 Å². The largest absolute Gasteiger partial charge is 0.342 e. The Morgan fingerprint density at radius 1 is 1.20 bits per heavy atom. The SMILES string of the molecule is O=C1CCC2(CCCN(C(=O)c3ccc(=O)[nH]c3)C2)CN1CC1CC1. The molecule has 3 aliphatic rings. The number of hydrogen-bond donors (Lipinski definition) is 1. The van der Waals surface area contributed by atoms with E-state index in [0.717, 1.165) is 38.9 Å². The van der Waals surface area contributed by atoms with Crippen LogP contribution in [0, 0.1) is 11.3 Å². The summed E-state index contributed by atoms with van der Waals surface area (Å²) in [6.45, 7) is 3.14. The summed E-state index contributed by atoms with van der Waals surface area (Å²) in [6.07, 6.45) is 7.52. The molecule has 0 radical (unpaired) electrons. The Kier molecular flexibility index (Phi) is 4.13. The molecule has 1 N–H and O–H groups in total. The third-order valence-electron chi connectivity index (χ3n) is 5.90. The third kappa shape index (κ3) is 3.48. The fraction of sp³-hybridized carbons (Fsp3) is 0.632. The van der Waals surface area contributed by atoms with Crippen LogP contribution in [0.25, 0.3) is 0 Å². The van der Waals surface area contributed by atoms with E-state index in [2.05, 4.69) is 9.88 Å². The van der Waals surface area contributed by atoms with Crippen LogP contribution in [0.3, 0.4) is 0 Å². The lowest BCUT2D eigenvalue weighted by Crippen LogP contribution is -2.55. The molecule has 3 fully saturated rings. The van der Waals surface area contributed by atoms with Crippen molar-refractivity contribution in [3.8, 4) is 0 Å². The van der Waals surface area contributed by atoms with E-state index in [1.165, 1.54) is 25.1 Å². The van der Waals surface area contributed by atoms with Gasteiger partial charge in [-0.15, -0.1) is 0 Å². The highest BCUT2D eigenvalue weighted by Crippen LogP contribution is 2.40. The van der Waals surface area contributed by atoms with Crippen molar-refractivity contribution in [3.63, 3.8) is 0 Å². The van der Waals surface area contributed by atoms with Gasteiger partial charge >= 0.3 is 0 Å². The van der Waals surface area contributed by atoms with Crippen LogP contribution >= 0.6 is 0 Å². The van der Waals surface area contributed by atoms with Crippen molar-refractivity contribution in [1.82, 2.24) is 14.8 Å². The molecule has 2 saturated heterocycles. The lowest BCUT2D eigenvalue weighted by molar-refractivity contribution is -0.139. The number of carbonyl (C=O) groups excluding carboxylic acids is 2. The van der Waals surface area contributed by atoms with E-state index < -0.39 is 0 Å². The molecule has 0 bridgehead atoms. The molecular weight excluding hydrogens is 318 g/mol. The van der Waals surface area contributed by atoms with Crippen molar-refractivity contribution in [1.29, 1.82) is 0 Å². The Labute approximate surface area is 147 Å². The zero-order valence-corrected chi connectivity index (χ0v) is 14.5. The van der Waals surface area contributed by atoms with Crippen molar-refractivity contribution in [2.75, 3.05) is 26.2 Å². The van der Waals surface area contributed by atoms with Crippen molar-refractivity contribution >= 4 is 11.8 Å². The van der Waals surface area contributed by atoms with Crippen LogP contribution < -0.4 is 5.56 Å². The summed E-state index contributed by atoms with van der Waals surface area (Å²) in [6, 6.07) is 2.98. The molecule has 1 saturated carbocycles. The number of hydrogen-bond acceptors (Lipinski definition) is 3. The smallest absolute Gasteiger partial charge is 0.255 e. The molecule has 3 heterocycles. The maximum atomic E-state index is 12.8. The molecule has 1 spiro atoms. The second-order valence-electron chi connectivity index (χ2n) is 7.99. The van der Waals surface area contributed by atoms with Gasteiger partial charge in [0, 0.05) is 50.3 Å². The second kappa shape index (κ2) is 6.32. The van der Waals surface area contributed by atoms with Gasteiger partial charge in [-0.1, -0.05) is 0 Å². The molecule has 25 heavy (non-hydrogen) atoms. The first-order chi connectivity index (χ1) is 12.0. The van der Waals surface area contributed by atoms with Gasteiger partial charge in [0.25, 0.3) is 5.91 Å². The van der Waals surface area contributed by atoms with E-state index in [4.69, 9.17) is 0 Å². The topological polar surface area (TPSA) is 73.5 Å². The number of pyridine rings is 1. The van der Waals surface area contributed by atoms with Crippen molar-refractivity contribution in [2.45, 2.75) is 38.5 Å². The molecule has 4 rings (SSSR count). The summed E-state index contributed by atoms with van der Waals surface area (Å²) in [5, 5.41) is 0. The van der Waals surface area contributed by atoms with E-state index in [0.29, 0.717) is 24.4 Å².